The molecule has 3 rings (SSSR count). The first-order chi connectivity index (χ1) is 12.9. The molecule has 0 bridgehead atoms. The summed E-state index contributed by atoms with van der Waals surface area (Å²) < 4.78 is 0. The summed E-state index contributed by atoms with van der Waals surface area (Å²) >= 11 is 6.08. The van der Waals surface area contributed by atoms with Crippen molar-refractivity contribution < 1.29 is 14.5 Å². The van der Waals surface area contributed by atoms with Crippen LogP contribution >= 0.6 is 11.6 Å². The summed E-state index contributed by atoms with van der Waals surface area (Å²) in [6.45, 7) is 3.92. The zero-order valence-electron chi connectivity index (χ0n) is 15.6. The van der Waals surface area contributed by atoms with Gasteiger partial charge in [0.05, 0.1) is 23.3 Å². The highest BCUT2D eigenvalue weighted by molar-refractivity contribution is 6.33. The Labute approximate surface area is 163 Å². The van der Waals surface area contributed by atoms with Crippen molar-refractivity contribution in [3.05, 3.63) is 64.8 Å². The fraction of sp³-hybridized carbons (Fsp3) is 0.238. The Balaban J connectivity index is 1.72. The highest BCUT2D eigenvalue weighted by Crippen LogP contribution is 2.23. The lowest BCUT2D eigenvalue weighted by molar-refractivity contribution is -0.885. The molecule has 2 aromatic carbocycles. The van der Waals surface area contributed by atoms with E-state index in [4.69, 9.17) is 11.6 Å². The van der Waals surface area contributed by atoms with Crippen LogP contribution in [-0.2, 0) is 4.79 Å². The first-order valence-corrected chi connectivity index (χ1v) is 9.24. The maximum atomic E-state index is 13.1. The number of fused-ring (bicyclic) bond motifs is 1. The number of anilines is 1. The molecule has 0 aliphatic rings. The normalized spacial score (nSPS) is 13.3. The van der Waals surface area contributed by atoms with E-state index in [1.54, 1.807) is 18.2 Å². The van der Waals surface area contributed by atoms with Crippen molar-refractivity contribution in [3.8, 4) is 0 Å². The number of aryl methyl sites for hydroxylation is 1. The molecule has 140 valence electrons. The summed E-state index contributed by atoms with van der Waals surface area (Å²) in [7, 11) is 1.85. The number of para-hydroxylation sites is 2. The number of hydrogen-bond donors (Lipinski definition) is 3. The Bertz CT molecular complexity index is 996. The number of amides is 1. The van der Waals surface area contributed by atoms with Crippen molar-refractivity contribution in [2.75, 3.05) is 18.9 Å². The van der Waals surface area contributed by atoms with Gasteiger partial charge in [-0.05, 0) is 32.0 Å². The highest BCUT2D eigenvalue weighted by Gasteiger charge is 2.28. The number of aromatic amines is 1. The lowest BCUT2D eigenvalue weighted by Gasteiger charge is -2.20. The average molecular weight is 385 g/mol. The van der Waals surface area contributed by atoms with E-state index in [9.17, 15) is 9.59 Å². The number of rotatable bonds is 6. The van der Waals surface area contributed by atoms with Crippen LogP contribution in [0.5, 0.6) is 0 Å². The van der Waals surface area contributed by atoms with Gasteiger partial charge in [-0.2, -0.15) is 0 Å². The van der Waals surface area contributed by atoms with Gasteiger partial charge in [-0.1, -0.05) is 41.9 Å². The number of carbonyl (C=O) groups is 2. The molecule has 0 fully saturated rings. The first-order valence-electron chi connectivity index (χ1n) is 8.86. The summed E-state index contributed by atoms with van der Waals surface area (Å²) in [5, 5.41) is 4.21. The third kappa shape index (κ3) is 4.04. The third-order valence-electron chi connectivity index (χ3n) is 4.86. The predicted molar refractivity (Wildman–Crippen MR) is 109 cm³/mol. The second-order valence-electron chi connectivity index (χ2n) is 6.81. The molecule has 5 nitrogen and oxygen atoms in total. The van der Waals surface area contributed by atoms with Crippen LogP contribution < -0.4 is 10.2 Å². The van der Waals surface area contributed by atoms with Gasteiger partial charge < -0.3 is 15.2 Å². The summed E-state index contributed by atoms with van der Waals surface area (Å²) in [6, 6.07) is 14.5. The van der Waals surface area contributed by atoms with Crippen LogP contribution in [-0.4, -0.2) is 36.3 Å². The second-order valence-corrected chi connectivity index (χ2v) is 7.21. The van der Waals surface area contributed by atoms with Crippen molar-refractivity contribution in [1.82, 2.24) is 4.98 Å². The summed E-state index contributed by atoms with van der Waals surface area (Å²) in [5.74, 6) is -0.163. The van der Waals surface area contributed by atoms with E-state index in [2.05, 4.69) is 10.3 Å². The van der Waals surface area contributed by atoms with Gasteiger partial charge in [0.15, 0.2) is 6.54 Å². The molecule has 3 aromatic rings. The number of H-pyrrole nitrogens is 1. The van der Waals surface area contributed by atoms with E-state index in [0.29, 0.717) is 16.3 Å². The minimum absolute atomic E-state index is 0.0213. The molecular formula is C21H23ClN3O2+. The number of likely N-dealkylation sites (N-methyl/N-ethyl adjacent to an activating group) is 1. The van der Waals surface area contributed by atoms with E-state index in [0.717, 1.165) is 21.5 Å². The minimum atomic E-state index is -0.361. The van der Waals surface area contributed by atoms with E-state index in [1.165, 1.54) is 0 Å². The number of carbonyl (C=O) groups excluding carboxylic acids is 2. The summed E-state index contributed by atoms with van der Waals surface area (Å²) in [4.78, 5) is 29.5. The van der Waals surface area contributed by atoms with Gasteiger partial charge in [-0.25, -0.2) is 0 Å². The number of nitrogens with one attached hydrogen (secondary N) is 3. The van der Waals surface area contributed by atoms with Gasteiger partial charge in [0.2, 0.25) is 5.78 Å². The first kappa shape index (κ1) is 19.1. The van der Waals surface area contributed by atoms with Gasteiger partial charge >= 0.3 is 0 Å². The van der Waals surface area contributed by atoms with Gasteiger partial charge in [0, 0.05) is 16.6 Å². The van der Waals surface area contributed by atoms with Crippen molar-refractivity contribution in [1.29, 1.82) is 0 Å². The number of Topliss-reactive ketones (excluding diaryl/α,β-unsaturated/α-hetero) is 1. The molecule has 2 atom stereocenters. The molecule has 1 unspecified atom stereocenters. The summed E-state index contributed by atoms with van der Waals surface area (Å²) in [6.07, 6.45) is 0. The zero-order chi connectivity index (χ0) is 19.6. The molecule has 0 aliphatic carbocycles. The zero-order valence-corrected chi connectivity index (χ0v) is 16.4. The monoisotopic (exact) mass is 384 g/mol. The molecule has 0 saturated carbocycles. The minimum Gasteiger partial charge on any atom is -0.358 e. The Kier molecular flexibility index (Phi) is 5.63. The fourth-order valence-electron chi connectivity index (χ4n) is 3.20. The van der Waals surface area contributed by atoms with E-state index < -0.39 is 0 Å². The lowest BCUT2D eigenvalue weighted by atomic mass is 10.0. The van der Waals surface area contributed by atoms with Crippen molar-refractivity contribution in [3.63, 3.8) is 0 Å². The maximum absolute atomic E-state index is 13.1. The van der Waals surface area contributed by atoms with Crippen LogP contribution in [0.15, 0.2) is 48.5 Å². The van der Waals surface area contributed by atoms with Gasteiger partial charge in [-0.3, -0.25) is 9.59 Å². The Morgan fingerprint density at radius 2 is 1.81 bits per heavy atom. The second kappa shape index (κ2) is 7.94. The van der Waals surface area contributed by atoms with Crippen LogP contribution in [0.3, 0.4) is 0 Å². The van der Waals surface area contributed by atoms with Crippen molar-refractivity contribution >= 4 is 39.9 Å². The molecule has 0 aliphatic heterocycles. The Morgan fingerprint density at radius 1 is 1.15 bits per heavy atom. The Hall–Kier alpha value is -2.63. The van der Waals surface area contributed by atoms with Crippen molar-refractivity contribution in [2.45, 2.75) is 19.9 Å². The molecule has 27 heavy (non-hydrogen) atoms. The average Bonchev–Trinajstić information content (AvgIpc) is 2.98. The smallest absolute Gasteiger partial charge is 0.279 e. The number of aromatic nitrogens is 1. The molecule has 0 radical (unpaired) electrons. The molecule has 1 aromatic heterocycles. The lowest BCUT2D eigenvalue weighted by Crippen LogP contribution is -3.14. The largest absolute Gasteiger partial charge is 0.358 e. The SMILES string of the molecule is Cc1[nH]c2ccccc2c1C(=O)[C@@H](C)[NH+](C)CC(=O)Nc1ccccc1Cl. The molecule has 1 heterocycles. The highest BCUT2D eigenvalue weighted by atomic mass is 35.5. The number of ketones is 1. The van der Waals surface area contributed by atoms with Crippen LogP contribution in [0.1, 0.15) is 23.0 Å². The van der Waals surface area contributed by atoms with Crippen LogP contribution in [0, 0.1) is 6.92 Å². The number of quaternary nitrogens is 1. The van der Waals surface area contributed by atoms with Crippen LogP contribution in [0.25, 0.3) is 10.9 Å². The fourth-order valence-corrected chi connectivity index (χ4v) is 3.38. The topological polar surface area (TPSA) is 66.4 Å². The molecule has 3 N–H and O–H groups in total. The quantitative estimate of drug-likeness (QED) is 0.572. The maximum Gasteiger partial charge on any atom is 0.279 e. The third-order valence-corrected chi connectivity index (χ3v) is 5.19. The molecule has 1 amide bonds. The molecule has 6 heteroatoms. The molecule has 0 spiro atoms. The molecular weight excluding hydrogens is 362 g/mol. The van der Waals surface area contributed by atoms with Crippen molar-refractivity contribution in [2.24, 2.45) is 0 Å². The van der Waals surface area contributed by atoms with Crippen LogP contribution in [0.4, 0.5) is 5.69 Å². The van der Waals surface area contributed by atoms with Crippen LogP contribution in [0.2, 0.25) is 5.02 Å². The number of hydrogen-bond acceptors (Lipinski definition) is 2. The van der Waals surface area contributed by atoms with E-state index in [1.807, 2.05) is 51.2 Å². The van der Waals surface area contributed by atoms with E-state index >= 15 is 0 Å². The van der Waals surface area contributed by atoms with Gasteiger partial charge in [0.1, 0.15) is 6.04 Å². The predicted octanol–water partition coefficient (Wildman–Crippen LogP) is 2.85. The summed E-state index contributed by atoms with van der Waals surface area (Å²) in [5.41, 5.74) is 3.06. The van der Waals surface area contributed by atoms with Gasteiger partial charge in [0.25, 0.3) is 5.91 Å². The Morgan fingerprint density at radius 3 is 2.56 bits per heavy atom. The molecule has 0 saturated heterocycles. The standard InChI is InChI=1S/C21H22ClN3O2/c1-13-20(15-8-4-6-10-17(15)23-13)21(27)14(2)25(3)12-19(26)24-18-11-7-5-9-16(18)22/h4-11,14,23H,12H2,1-3H3,(H,24,26)/p+1/t14-/m1/s1. The number of benzene rings is 2. The van der Waals surface area contributed by atoms with Gasteiger partial charge in [-0.15, -0.1) is 0 Å². The number of halogens is 1. The van der Waals surface area contributed by atoms with E-state index in [-0.39, 0.29) is 24.3 Å².